The van der Waals surface area contributed by atoms with Crippen LogP contribution in [0.25, 0.3) is 0 Å². The Hall–Kier alpha value is -4.18. The van der Waals surface area contributed by atoms with Gasteiger partial charge in [-0.1, -0.05) is 19.9 Å². The zero-order valence-corrected chi connectivity index (χ0v) is 23.0. The van der Waals surface area contributed by atoms with Crippen LogP contribution in [0, 0.1) is 0 Å². The van der Waals surface area contributed by atoms with Crippen LogP contribution in [-0.2, 0) is 30.6 Å². The minimum absolute atomic E-state index is 0.0805. The Morgan fingerprint density at radius 3 is 1.80 bits per heavy atom. The lowest BCUT2D eigenvalue weighted by Gasteiger charge is -2.37. The van der Waals surface area contributed by atoms with E-state index in [1.54, 1.807) is 6.92 Å². The Bertz CT molecular complexity index is 1710. The van der Waals surface area contributed by atoms with Gasteiger partial charge in [0.2, 0.25) is 0 Å². The summed E-state index contributed by atoms with van der Waals surface area (Å²) in [4.78, 5) is 23.8. The summed E-state index contributed by atoms with van der Waals surface area (Å²) in [6.45, 7) is 6.03. The van der Waals surface area contributed by atoms with E-state index in [0.717, 1.165) is 12.1 Å². The summed E-state index contributed by atoms with van der Waals surface area (Å²) in [7, 11) is -10.2. The van der Waals surface area contributed by atoms with Crippen LogP contribution in [0.5, 0.6) is 11.5 Å². The van der Waals surface area contributed by atoms with Gasteiger partial charge in [-0.25, -0.2) is 4.79 Å². The third-order valence-electron chi connectivity index (χ3n) is 6.23. The number of fused-ring (bicyclic) bond motifs is 6. The molecule has 212 valence electrons. The predicted octanol–water partition coefficient (Wildman–Crippen LogP) is 2.69. The minimum Gasteiger partial charge on any atom is -0.453 e. The molecule has 0 saturated carbocycles. The second kappa shape index (κ2) is 9.78. The summed E-state index contributed by atoms with van der Waals surface area (Å²) in [5.74, 6) is -2.70. The number of nitrogens with two attached hydrogens (primary N) is 2. The number of nitrogen functional groups attached to an aromatic ring is 2. The van der Waals surface area contributed by atoms with Crippen molar-refractivity contribution in [3.63, 3.8) is 0 Å². The van der Waals surface area contributed by atoms with Crippen LogP contribution in [0.2, 0.25) is 0 Å². The summed E-state index contributed by atoms with van der Waals surface area (Å²) in [5, 5.41) is 2.60. The maximum atomic E-state index is 13.2. The molecule has 7 N–H and O–H groups in total. The molecule has 40 heavy (non-hydrogen) atoms. The first kappa shape index (κ1) is 28.8. The zero-order chi connectivity index (χ0) is 29.8. The summed E-state index contributed by atoms with van der Waals surface area (Å²) in [6, 6.07) is 8.88. The van der Waals surface area contributed by atoms with Crippen molar-refractivity contribution >= 4 is 43.5 Å². The Morgan fingerprint density at radius 1 is 0.875 bits per heavy atom. The van der Waals surface area contributed by atoms with E-state index in [2.05, 4.69) is 5.32 Å². The highest BCUT2D eigenvalue weighted by molar-refractivity contribution is 7.86. The Labute approximate surface area is 229 Å². The fourth-order valence-electron chi connectivity index (χ4n) is 4.77. The lowest BCUT2D eigenvalue weighted by atomic mass is 9.77. The van der Waals surface area contributed by atoms with Gasteiger partial charge >= 0.3 is 5.97 Å². The lowest BCUT2D eigenvalue weighted by molar-refractivity contribution is 0.0221. The van der Waals surface area contributed by atoms with Gasteiger partial charge < -0.3 is 26.3 Å². The van der Waals surface area contributed by atoms with E-state index >= 15 is 0 Å². The van der Waals surface area contributed by atoms with Gasteiger partial charge in [0.05, 0.1) is 16.9 Å². The van der Waals surface area contributed by atoms with E-state index in [0.29, 0.717) is 6.54 Å². The van der Waals surface area contributed by atoms with Crippen molar-refractivity contribution in [3.8, 4) is 11.5 Å². The molecule has 0 fully saturated rings. The van der Waals surface area contributed by atoms with Crippen molar-refractivity contribution in [1.29, 1.82) is 0 Å². The van der Waals surface area contributed by atoms with Gasteiger partial charge in [-0.2, -0.15) is 16.8 Å². The highest BCUT2D eigenvalue weighted by Gasteiger charge is 2.56. The van der Waals surface area contributed by atoms with Crippen molar-refractivity contribution in [3.05, 3.63) is 70.3 Å². The number of ether oxygens (including phenoxy) is 2. The molecule has 0 bridgehead atoms. The van der Waals surface area contributed by atoms with Crippen molar-refractivity contribution in [2.24, 2.45) is 0 Å². The van der Waals surface area contributed by atoms with Crippen LogP contribution in [0.15, 0.2) is 52.3 Å². The van der Waals surface area contributed by atoms with Gasteiger partial charge in [-0.3, -0.25) is 13.9 Å². The maximum Gasteiger partial charge on any atom is 0.340 e. The second-order valence-electron chi connectivity index (χ2n) is 8.46. The number of amides is 1. The lowest BCUT2D eigenvalue weighted by Crippen LogP contribution is -2.34. The summed E-state index contributed by atoms with van der Waals surface area (Å²) < 4.78 is 80.8. The van der Waals surface area contributed by atoms with Crippen LogP contribution in [0.3, 0.4) is 0 Å². The molecule has 3 aromatic rings. The largest absolute Gasteiger partial charge is 0.453 e. The van der Waals surface area contributed by atoms with Crippen molar-refractivity contribution in [1.82, 2.24) is 5.32 Å². The number of esters is 1. The number of benzene rings is 3. The van der Waals surface area contributed by atoms with Crippen molar-refractivity contribution in [2.45, 2.75) is 36.2 Å². The molecule has 2 aliphatic rings. The molecule has 2 aliphatic heterocycles. The molecule has 0 saturated heterocycles. The smallest absolute Gasteiger partial charge is 0.340 e. The topological polar surface area (TPSA) is 225 Å². The summed E-state index contributed by atoms with van der Waals surface area (Å²) in [5.41, 5.74) is 8.58. The molecule has 1 spiro atoms. The minimum atomic E-state index is -5.08. The molecule has 0 aliphatic carbocycles. The molecule has 0 unspecified atom stereocenters. The fraction of sp³-hybridized carbons (Fsp3) is 0.200. The van der Waals surface area contributed by atoms with E-state index in [9.17, 15) is 35.5 Å². The first-order valence-corrected chi connectivity index (χ1v) is 14.7. The molecule has 1 amide bonds. The molecule has 0 atom stereocenters. The van der Waals surface area contributed by atoms with E-state index < -0.39 is 70.4 Å². The Kier molecular flexibility index (Phi) is 7.04. The summed E-state index contributed by atoms with van der Waals surface area (Å²) in [6.07, 6.45) is 0. The number of nitrogens with one attached hydrogen (secondary N) is 1. The molecule has 0 radical (unpaired) electrons. The molecule has 13 nitrogen and oxygen atoms in total. The van der Waals surface area contributed by atoms with Crippen LogP contribution in [0.1, 0.15) is 58.2 Å². The van der Waals surface area contributed by atoms with Crippen LogP contribution in [-0.4, -0.2) is 44.4 Å². The van der Waals surface area contributed by atoms with Crippen molar-refractivity contribution < 1.29 is 45.0 Å². The Balaban J connectivity index is 0.00000181. The Morgan fingerprint density at radius 2 is 1.35 bits per heavy atom. The molecular formula is C25H25N3O10S2. The van der Waals surface area contributed by atoms with E-state index in [4.69, 9.17) is 20.9 Å². The van der Waals surface area contributed by atoms with Gasteiger partial charge in [0.1, 0.15) is 0 Å². The highest BCUT2D eigenvalue weighted by atomic mass is 32.2. The zero-order valence-electron chi connectivity index (χ0n) is 21.4. The quantitative estimate of drug-likeness (QED) is 0.168. The molecule has 2 heterocycles. The molecule has 5 rings (SSSR count). The number of hydrogen-bond donors (Lipinski definition) is 5. The number of rotatable bonds is 4. The molecule has 15 heteroatoms. The van der Waals surface area contributed by atoms with E-state index in [1.165, 1.54) is 30.3 Å². The fourth-order valence-corrected chi connectivity index (χ4v) is 6.27. The van der Waals surface area contributed by atoms with Crippen LogP contribution < -0.4 is 21.5 Å². The average Bonchev–Trinajstić information content (AvgIpc) is 3.15. The first-order valence-electron chi connectivity index (χ1n) is 11.9. The highest BCUT2D eigenvalue weighted by Crippen LogP contribution is 2.59. The van der Waals surface area contributed by atoms with Gasteiger partial charge in [-0.15, -0.1) is 0 Å². The molecular weight excluding hydrogens is 566 g/mol. The van der Waals surface area contributed by atoms with Gasteiger partial charge in [-0.05, 0) is 43.3 Å². The van der Waals surface area contributed by atoms with E-state index in [1.807, 2.05) is 13.8 Å². The monoisotopic (exact) mass is 591 g/mol. The summed E-state index contributed by atoms with van der Waals surface area (Å²) >= 11 is 0. The number of hydrogen-bond acceptors (Lipinski definition) is 10. The number of carbonyl (C=O) groups is 2. The van der Waals surface area contributed by atoms with Gasteiger partial charge in [0, 0.05) is 28.8 Å². The molecule has 0 aromatic heterocycles. The normalized spacial score (nSPS) is 14.6. The van der Waals surface area contributed by atoms with E-state index in [-0.39, 0.29) is 27.8 Å². The number of anilines is 2. The predicted molar refractivity (Wildman–Crippen MR) is 143 cm³/mol. The van der Waals surface area contributed by atoms with Gasteiger partial charge in [0.15, 0.2) is 26.9 Å². The van der Waals surface area contributed by atoms with Gasteiger partial charge in [0.25, 0.3) is 26.1 Å². The average molecular weight is 592 g/mol. The second-order valence-corrected chi connectivity index (χ2v) is 11.2. The SMILES string of the molecule is CC.CCNC(=O)c1ccc2c(c1)C(=O)OC21c2ccc(N)c(S(=O)(=O)O)c2Oc2c1ccc(N)c2S(=O)(=O)O. The third-order valence-corrected chi connectivity index (χ3v) is 8.10. The van der Waals surface area contributed by atoms with Crippen LogP contribution in [0.4, 0.5) is 11.4 Å². The standard InChI is InChI=1S/C23H19N3O10S2.C2H6/c1-2-26-21(27)10-3-4-12-11(9-10)22(28)36-23(12)13-5-7-15(24)19(37(29,30)31)17(13)35-18-14(23)6-8-16(25)20(18)38(32,33)34;1-2/h3-9H,2,24-25H2,1H3,(H,26,27)(H,29,30,31)(H,32,33,34);1-2H3. The number of carbonyl (C=O) groups excluding carboxylic acids is 2. The first-order chi connectivity index (χ1) is 18.7. The molecule has 3 aromatic carbocycles. The van der Waals surface area contributed by atoms with Crippen LogP contribution >= 0.6 is 0 Å². The van der Waals surface area contributed by atoms with Crippen molar-refractivity contribution in [2.75, 3.05) is 18.0 Å². The maximum absolute atomic E-state index is 13.2. The third kappa shape index (κ3) is 4.23.